The van der Waals surface area contributed by atoms with E-state index in [4.69, 9.17) is 11.5 Å². The Balaban J connectivity index is 3.01. The van der Waals surface area contributed by atoms with Crippen molar-refractivity contribution in [2.45, 2.75) is 19.0 Å². The van der Waals surface area contributed by atoms with Gasteiger partial charge in [-0.3, -0.25) is 0 Å². The summed E-state index contributed by atoms with van der Waals surface area (Å²) in [5.41, 5.74) is 10.3. The molecule has 0 aliphatic carbocycles. The SMILES string of the molecule is NCCCc1cccc(C(F)(F)F)c1N. The van der Waals surface area contributed by atoms with Gasteiger partial charge in [-0.2, -0.15) is 13.2 Å². The van der Waals surface area contributed by atoms with Crippen LogP contribution in [0.3, 0.4) is 0 Å². The maximum Gasteiger partial charge on any atom is 0.418 e. The Bertz CT molecular complexity index is 334. The lowest BCUT2D eigenvalue weighted by Gasteiger charge is -2.13. The highest BCUT2D eigenvalue weighted by Crippen LogP contribution is 2.35. The van der Waals surface area contributed by atoms with Gasteiger partial charge < -0.3 is 11.5 Å². The van der Waals surface area contributed by atoms with Crippen molar-refractivity contribution in [1.29, 1.82) is 0 Å². The Morgan fingerprint density at radius 1 is 1.20 bits per heavy atom. The Hall–Kier alpha value is -1.23. The number of halogens is 3. The smallest absolute Gasteiger partial charge is 0.398 e. The average molecular weight is 218 g/mol. The third-order valence-electron chi connectivity index (χ3n) is 2.15. The molecule has 84 valence electrons. The molecule has 0 aliphatic heterocycles. The van der Waals surface area contributed by atoms with Gasteiger partial charge in [-0.1, -0.05) is 12.1 Å². The molecule has 0 saturated heterocycles. The van der Waals surface area contributed by atoms with Gasteiger partial charge in [0.15, 0.2) is 0 Å². The van der Waals surface area contributed by atoms with E-state index in [2.05, 4.69) is 0 Å². The second kappa shape index (κ2) is 4.53. The molecule has 0 saturated carbocycles. The highest BCUT2D eigenvalue weighted by Gasteiger charge is 2.33. The lowest BCUT2D eigenvalue weighted by molar-refractivity contribution is -0.136. The van der Waals surface area contributed by atoms with Crippen LogP contribution < -0.4 is 11.5 Å². The molecule has 1 rings (SSSR count). The molecule has 15 heavy (non-hydrogen) atoms. The van der Waals surface area contributed by atoms with Crippen LogP contribution in [0.1, 0.15) is 17.5 Å². The van der Waals surface area contributed by atoms with Crippen LogP contribution in [-0.2, 0) is 12.6 Å². The van der Waals surface area contributed by atoms with Gasteiger partial charge in [0.25, 0.3) is 0 Å². The van der Waals surface area contributed by atoms with Crippen molar-refractivity contribution >= 4 is 5.69 Å². The molecule has 0 unspecified atom stereocenters. The van der Waals surface area contributed by atoms with Crippen LogP contribution in [0.15, 0.2) is 18.2 Å². The lowest BCUT2D eigenvalue weighted by Crippen LogP contribution is -2.11. The number of para-hydroxylation sites is 1. The zero-order valence-electron chi connectivity index (χ0n) is 8.14. The molecule has 0 radical (unpaired) electrons. The van der Waals surface area contributed by atoms with Crippen LogP contribution in [0, 0.1) is 0 Å². The Morgan fingerprint density at radius 3 is 2.40 bits per heavy atom. The molecule has 0 amide bonds. The summed E-state index contributed by atoms with van der Waals surface area (Å²) in [4.78, 5) is 0. The van der Waals surface area contributed by atoms with Gasteiger partial charge in [-0.15, -0.1) is 0 Å². The number of nitrogens with two attached hydrogens (primary N) is 2. The number of alkyl halides is 3. The molecule has 1 aromatic rings. The molecule has 0 aliphatic rings. The van der Waals surface area contributed by atoms with Gasteiger partial charge in [0.2, 0.25) is 0 Å². The number of aryl methyl sites for hydroxylation is 1. The van der Waals surface area contributed by atoms with Crippen molar-refractivity contribution < 1.29 is 13.2 Å². The second-order valence-corrected chi connectivity index (χ2v) is 3.27. The fourth-order valence-corrected chi connectivity index (χ4v) is 1.37. The average Bonchev–Trinajstić information content (AvgIpc) is 2.14. The van der Waals surface area contributed by atoms with E-state index >= 15 is 0 Å². The Labute approximate surface area is 86.1 Å². The van der Waals surface area contributed by atoms with Crippen LogP contribution in [-0.4, -0.2) is 6.54 Å². The largest absolute Gasteiger partial charge is 0.418 e. The minimum absolute atomic E-state index is 0.182. The second-order valence-electron chi connectivity index (χ2n) is 3.27. The summed E-state index contributed by atoms with van der Waals surface area (Å²) in [6.07, 6.45) is -3.28. The fourth-order valence-electron chi connectivity index (χ4n) is 1.37. The van der Waals surface area contributed by atoms with E-state index in [1.807, 2.05) is 0 Å². The standard InChI is InChI=1S/C10H13F3N2/c11-10(12,13)8-5-1-3-7(9(8)15)4-2-6-14/h1,3,5H,2,4,6,14-15H2. The first-order valence-electron chi connectivity index (χ1n) is 4.61. The van der Waals surface area contributed by atoms with Crippen LogP contribution in [0.2, 0.25) is 0 Å². The van der Waals surface area contributed by atoms with E-state index in [1.165, 1.54) is 6.07 Å². The number of hydrogen-bond acceptors (Lipinski definition) is 2. The molecule has 0 fully saturated rings. The molecule has 0 spiro atoms. The van der Waals surface area contributed by atoms with Gasteiger partial charge in [0, 0.05) is 5.69 Å². The molecule has 0 atom stereocenters. The highest BCUT2D eigenvalue weighted by molar-refractivity contribution is 5.55. The van der Waals surface area contributed by atoms with Gasteiger partial charge in [-0.05, 0) is 31.0 Å². The summed E-state index contributed by atoms with van der Waals surface area (Å²) in [6.45, 7) is 0.440. The molecule has 0 bridgehead atoms. The summed E-state index contributed by atoms with van der Waals surface area (Å²) in [5, 5.41) is 0. The van der Waals surface area contributed by atoms with E-state index in [-0.39, 0.29) is 5.69 Å². The van der Waals surface area contributed by atoms with E-state index < -0.39 is 11.7 Å². The van der Waals surface area contributed by atoms with Crippen LogP contribution in [0.4, 0.5) is 18.9 Å². The van der Waals surface area contributed by atoms with E-state index in [0.717, 1.165) is 6.07 Å². The monoisotopic (exact) mass is 218 g/mol. The quantitative estimate of drug-likeness (QED) is 0.764. The minimum atomic E-state index is -4.39. The van der Waals surface area contributed by atoms with Gasteiger partial charge in [-0.25, -0.2) is 0 Å². The van der Waals surface area contributed by atoms with E-state index in [0.29, 0.717) is 24.9 Å². The summed E-state index contributed by atoms with van der Waals surface area (Å²) < 4.78 is 37.3. The Kier molecular flexibility index (Phi) is 3.57. The fraction of sp³-hybridized carbons (Fsp3) is 0.400. The number of anilines is 1. The van der Waals surface area contributed by atoms with Gasteiger partial charge in [0.1, 0.15) is 0 Å². The predicted molar refractivity (Wildman–Crippen MR) is 53.2 cm³/mol. The maximum atomic E-state index is 12.4. The third kappa shape index (κ3) is 2.86. The van der Waals surface area contributed by atoms with Crippen molar-refractivity contribution in [2.24, 2.45) is 5.73 Å². The molecular weight excluding hydrogens is 205 g/mol. The van der Waals surface area contributed by atoms with E-state index in [9.17, 15) is 13.2 Å². The zero-order valence-corrected chi connectivity index (χ0v) is 8.14. The predicted octanol–water partition coefficient (Wildman–Crippen LogP) is 2.18. The maximum absolute atomic E-state index is 12.4. The summed E-state index contributed by atoms with van der Waals surface area (Å²) in [5.74, 6) is 0. The molecule has 2 nitrogen and oxygen atoms in total. The van der Waals surface area contributed by atoms with Gasteiger partial charge in [0.05, 0.1) is 5.56 Å². The molecule has 0 aromatic heterocycles. The first-order chi connectivity index (χ1) is 6.96. The molecule has 5 heteroatoms. The van der Waals surface area contributed by atoms with E-state index in [1.54, 1.807) is 6.07 Å². The number of nitrogen functional groups attached to an aromatic ring is 1. The molecule has 4 N–H and O–H groups in total. The first kappa shape index (κ1) is 11.8. The minimum Gasteiger partial charge on any atom is -0.398 e. The molecular formula is C10H13F3N2. The third-order valence-corrected chi connectivity index (χ3v) is 2.15. The van der Waals surface area contributed by atoms with Gasteiger partial charge >= 0.3 is 6.18 Å². The zero-order chi connectivity index (χ0) is 11.5. The number of rotatable bonds is 3. The van der Waals surface area contributed by atoms with Crippen LogP contribution in [0.5, 0.6) is 0 Å². The van der Waals surface area contributed by atoms with Crippen molar-refractivity contribution in [3.63, 3.8) is 0 Å². The summed E-state index contributed by atoms with van der Waals surface area (Å²) in [6, 6.07) is 3.95. The first-order valence-corrected chi connectivity index (χ1v) is 4.61. The van der Waals surface area contributed by atoms with Crippen molar-refractivity contribution in [3.8, 4) is 0 Å². The van der Waals surface area contributed by atoms with Crippen molar-refractivity contribution in [1.82, 2.24) is 0 Å². The molecule has 0 heterocycles. The highest BCUT2D eigenvalue weighted by atomic mass is 19.4. The van der Waals surface area contributed by atoms with Crippen molar-refractivity contribution in [3.05, 3.63) is 29.3 Å². The van der Waals surface area contributed by atoms with Crippen LogP contribution >= 0.6 is 0 Å². The topological polar surface area (TPSA) is 52.0 Å². The summed E-state index contributed by atoms with van der Waals surface area (Å²) >= 11 is 0. The lowest BCUT2D eigenvalue weighted by atomic mass is 10.0. The summed E-state index contributed by atoms with van der Waals surface area (Å²) in [7, 11) is 0. The normalized spacial score (nSPS) is 11.7. The Morgan fingerprint density at radius 2 is 1.87 bits per heavy atom. The number of benzene rings is 1. The van der Waals surface area contributed by atoms with Crippen molar-refractivity contribution in [2.75, 3.05) is 12.3 Å². The molecule has 1 aromatic carbocycles. The van der Waals surface area contributed by atoms with Crippen LogP contribution in [0.25, 0.3) is 0 Å². The number of hydrogen-bond donors (Lipinski definition) is 2.